The van der Waals surface area contributed by atoms with Crippen LogP contribution in [-0.2, 0) is 4.74 Å². The van der Waals surface area contributed by atoms with E-state index in [1.165, 1.54) is 10.4 Å². The van der Waals surface area contributed by atoms with Crippen LogP contribution in [0.2, 0.25) is 0 Å². The monoisotopic (exact) mass is 213 g/mol. The van der Waals surface area contributed by atoms with E-state index in [0.717, 1.165) is 6.61 Å². The lowest BCUT2D eigenvalue weighted by atomic mass is 10.0. The van der Waals surface area contributed by atoms with E-state index < -0.39 is 0 Å². The smallest absolute Gasteiger partial charge is 0.0741 e. The van der Waals surface area contributed by atoms with Crippen molar-refractivity contribution in [1.82, 2.24) is 5.32 Å². The highest BCUT2D eigenvalue weighted by molar-refractivity contribution is 7.10. The molecule has 0 saturated heterocycles. The first-order chi connectivity index (χ1) is 6.70. The molecule has 1 rings (SSSR count). The first-order valence-electron chi connectivity index (χ1n) is 5.03. The first-order valence-corrected chi connectivity index (χ1v) is 5.91. The fraction of sp³-hybridized carbons (Fsp3) is 0.636. The molecule has 1 aromatic rings. The average Bonchev–Trinajstić information content (AvgIpc) is 2.54. The predicted molar refractivity (Wildman–Crippen MR) is 61.9 cm³/mol. The van der Waals surface area contributed by atoms with Crippen LogP contribution in [0.4, 0.5) is 0 Å². The molecule has 0 fully saturated rings. The number of thiophene rings is 1. The van der Waals surface area contributed by atoms with Crippen LogP contribution in [0.1, 0.15) is 30.3 Å². The van der Waals surface area contributed by atoms with Gasteiger partial charge in [-0.2, -0.15) is 0 Å². The second-order valence-electron chi connectivity index (χ2n) is 3.36. The van der Waals surface area contributed by atoms with Gasteiger partial charge in [0.05, 0.1) is 12.1 Å². The van der Waals surface area contributed by atoms with Crippen molar-refractivity contribution >= 4 is 11.3 Å². The van der Waals surface area contributed by atoms with E-state index in [1.807, 2.05) is 14.0 Å². The largest absolute Gasteiger partial charge is 0.377 e. The molecule has 0 amide bonds. The summed E-state index contributed by atoms with van der Waals surface area (Å²) in [5.74, 6) is 0. The highest BCUT2D eigenvalue weighted by Crippen LogP contribution is 2.25. The summed E-state index contributed by atoms with van der Waals surface area (Å²) < 4.78 is 5.62. The maximum Gasteiger partial charge on any atom is 0.0741 e. The van der Waals surface area contributed by atoms with Gasteiger partial charge in [0, 0.05) is 11.5 Å². The van der Waals surface area contributed by atoms with Gasteiger partial charge in [0.2, 0.25) is 0 Å². The lowest BCUT2D eigenvalue weighted by molar-refractivity contribution is 0.0493. The van der Waals surface area contributed by atoms with E-state index in [9.17, 15) is 0 Å². The maximum atomic E-state index is 5.62. The second-order valence-corrected chi connectivity index (χ2v) is 4.48. The number of likely N-dealkylation sites (N-methyl/N-ethyl adjacent to an activating group) is 1. The lowest BCUT2D eigenvalue weighted by Crippen LogP contribution is -2.29. The zero-order valence-corrected chi connectivity index (χ0v) is 10.1. The van der Waals surface area contributed by atoms with Gasteiger partial charge in [-0.3, -0.25) is 0 Å². The Bertz CT molecular complexity index is 272. The molecule has 0 aliphatic carbocycles. The predicted octanol–water partition coefficient (Wildman–Crippen LogP) is 2.74. The van der Waals surface area contributed by atoms with Gasteiger partial charge in [-0.15, -0.1) is 11.3 Å². The summed E-state index contributed by atoms with van der Waals surface area (Å²) in [7, 11) is 1.98. The second kappa shape index (κ2) is 5.49. The van der Waals surface area contributed by atoms with Crippen LogP contribution >= 0.6 is 11.3 Å². The van der Waals surface area contributed by atoms with Crippen LogP contribution in [0.25, 0.3) is 0 Å². The Kier molecular flexibility index (Phi) is 4.58. The molecule has 2 atom stereocenters. The van der Waals surface area contributed by atoms with Gasteiger partial charge in [-0.25, -0.2) is 0 Å². The number of hydrogen-bond acceptors (Lipinski definition) is 3. The molecule has 0 bridgehead atoms. The molecule has 0 aliphatic rings. The molecular weight excluding hydrogens is 194 g/mol. The van der Waals surface area contributed by atoms with Crippen LogP contribution < -0.4 is 5.32 Å². The molecule has 0 saturated carbocycles. The third kappa shape index (κ3) is 2.56. The normalized spacial score (nSPS) is 15.4. The number of nitrogens with one attached hydrogen (secondary N) is 1. The summed E-state index contributed by atoms with van der Waals surface area (Å²) in [6.45, 7) is 7.07. The van der Waals surface area contributed by atoms with Crippen LogP contribution in [0, 0.1) is 6.92 Å². The standard InChI is InChI=1S/C11H19NOS/c1-5-13-8(2)11(12-4)10-6-7-14-9(10)3/h6-8,11-12H,5H2,1-4H3. The van der Waals surface area contributed by atoms with E-state index >= 15 is 0 Å². The van der Waals surface area contributed by atoms with Crippen LogP contribution in [0.3, 0.4) is 0 Å². The zero-order valence-electron chi connectivity index (χ0n) is 9.33. The molecule has 0 aromatic carbocycles. The van der Waals surface area contributed by atoms with Crippen molar-refractivity contribution in [2.24, 2.45) is 0 Å². The highest BCUT2D eigenvalue weighted by Gasteiger charge is 2.19. The van der Waals surface area contributed by atoms with Crippen molar-refractivity contribution < 1.29 is 4.74 Å². The Labute approximate surface area is 90.3 Å². The molecule has 3 heteroatoms. The van der Waals surface area contributed by atoms with Gasteiger partial charge in [-0.05, 0) is 44.8 Å². The van der Waals surface area contributed by atoms with Gasteiger partial charge in [0.1, 0.15) is 0 Å². The fourth-order valence-corrected chi connectivity index (χ4v) is 2.47. The Morgan fingerprint density at radius 1 is 1.57 bits per heavy atom. The average molecular weight is 213 g/mol. The van der Waals surface area contributed by atoms with E-state index in [2.05, 4.69) is 30.6 Å². The van der Waals surface area contributed by atoms with Gasteiger partial charge >= 0.3 is 0 Å². The molecule has 0 spiro atoms. The summed E-state index contributed by atoms with van der Waals surface area (Å²) in [5, 5.41) is 5.44. The molecule has 1 aromatic heterocycles. The molecule has 14 heavy (non-hydrogen) atoms. The SMILES string of the molecule is CCOC(C)C(NC)c1ccsc1C. The van der Waals surface area contributed by atoms with Gasteiger partial charge in [0.15, 0.2) is 0 Å². The fourth-order valence-electron chi connectivity index (χ4n) is 1.72. The number of aryl methyl sites for hydroxylation is 1. The summed E-state index contributed by atoms with van der Waals surface area (Å²) >= 11 is 1.79. The molecule has 2 nitrogen and oxygen atoms in total. The first kappa shape index (κ1) is 11.7. The van der Waals surface area contributed by atoms with E-state index in [0.29, 0.717) is 6.04 Å². The lowest BCUT2D eigenvalue weighted by Gasteiger charge is -2.23. The van der Waals surface area contributed by atoms with Crippen molar-refractivity contribution in [3.05, 3.63) is 21.9 Å². The minimum absolute atomic E-state index is 0.221. The topological polar surface area (TPSA) is 21.3 Å². The number of ether oxygens (including phenoxy) is 1. The number of rotatable bonds is 5. The maximum absolute atomic E-state index is 5.62. The summed E-state index contributed by atoms with van der Waals surface area (Å²) in [4.78, 5) is 1.37. The Balaban J connectivity index is 2.76. The van der Waals surface area contributed by atoms with Crippen LogP contribution in [0.5, 0.6) is 0 Å². The minimum Gasteiger partial charge on any atom is -0.377 e. The van der Waals surface area contributed by atoms with Crippen LogP contribution in [-0.4, -0.2) is 19.8 Å². The Morgan fingerprint density at radius 3 is 2.71 bits per heavy atom. The van der Waals surface area contributed by atoms with Crippen molar-refractivity contribution in [2.75, 3.05) is 13.7 Å². The number of hydrogen-bond donors (Lipinski definition) is 1. The molecule has 0 aliphatic heterocycles. The summed E-state index contributed by atoms with van der Waals surface area (Å²) in [6.07, 6.45) is 0.221. The van der Waals surface area contributed by atoms with Gasteiger partial charge in [-0.1, -0.05) is 0 Å². The van der Waals surface area contributed by atoms with Crippen molar-refractivity contribution in [3.63, 3.8) is 0 Å². The highest BCUT2D eigenvalue weighted by atomic mass is 32.1. The van der Waals surface area contributed by atoms with Crippen molar-refractivity contribution in [2.45, 2.75) is 32.9 Å². The van der Waals surface area contributed by atoms with E-state index in [-0.39, 0.29) is 6.10 Å². The zero-order chi connectivity index (χ0) is 10.6. The summed E-state index contributed by atoms with van der Waals surface area (Å²) in [5.41, 5.74) is 1.36. The van der Waals surface area contributed by atoms with Gasteiger partial charge in [0.25, 0.3) is 0 Å². The molecule has 1 N–H and O–H groups in total. The quantitative estimate of drug-likeness (QED) is 0.812. The molecular formula is C11H19NOS. The van der Waals surface area contributed by atoms with Crippen molar-refractivity contribution in [3.8, 4) is 0 Å². The molecule has 0 radical (unpaired) electrons. The molecule has 80 valence electrons. The van der Waals surface area contributed by atoms with Crippen molar-refractivity contribution in [1.29, 1.82) is 0 Å². The van der Waals surface area contributed by atoms with Gasteiger partial charge < -0.3 is 10.1 Å². The Morgan fingerprint density at radius 2 is 2.29 bits per heavy atom. The third-order valence-corrected chi connectivity index (χ3v) is 3.31. The Hall–Kier alpha value is -0.380. The minimum atomic E-state index is 0.221. The molecule has 1 heterocycles. The van der Waals surface area contributed by atoms with E-state index in [4.69, 9.17) is 4.74 Å². The third-order valence-electron chi connectivity index (χ3n) is 2.44. The van der Waals surface area contributed by atoms with Crippen LogP contribution in [0.15, 0.2) is 11.4 Å². The van der Waals surface area contributed by atoms with E-state index in [1.54, 1.807) is 11.3 Å². The summed E-state index contributed by atoms with van der Waals surface area (Å²) in [6, 6.07) is 2.48. The molecule has 2 unspecified atom stereocenters.